The van der Waals surface area contributed by atoms with E-state index in [2.05, 4.69) is 15.5 Å². The second kappa shape index (κ2) is 5.29. The van der Waals surface area contributed by atoms with Crippen LogP contribution in [0.25, 0.3) is 11.5 Å². The molecular weight excluding hydrogens is 238 g/mol. The summed E-state index contributed by atoms with van der Waals surface area (Å²) in [4.78, 5) is 4.32. The first-order valence-electron chi connectivity index (χ1n) is 5.44. The predicted octanol–water partition coefficient (Wildman–Crippen LogP) is 2.46. The Morgan fingerprint density at radius 1 is 1.35 bits per heavy atom. The van der Waals surface area contributed by atoms with E-state index < -0.39 is 0 Å². The van der Waals surface area contributed by atoms with E-state index >= 15 is 0 Å². The Balaban J connectivity index is 2.24. The van der Waals surface area contributed by atoms with Crippen LogP contribution >= 0.6 is 11.6 Å². The molecule has 90 valence electrons. The zero-order chi connectivity index (χ0) is 12.3. The van der Waals surface area contributed by atoms with Crippen LogP contribution in [0.3, 0.4) is 0 Å². The molecule has 0 fully saturated rings. The van der Waals surface area contributed by atoms with Crippen molar-refractivity contribution in [3.05, 3.63) is 34.6 Å². The summed E-state index contributed by atoms with van der Waals surface area (Å²) in [5.41, 5.74) is 1.93. The second-order valence-corrected chi connectivity index (χ2v) is 4.32. The van der Waals surface area contributed by atoms with Crippen molar-refractivity contribution in [1.82, 2.24) is 15.5 Å². The van der Waals surface area contributed by atoms with Gasteiger partial charge < -0.3 is 9.84 Å². The molecule has 2 rings (SSSR count). The van der Waals surface area contributed by atoms with Crippen molar-refractivity contribution in [1.29, 1.82) is 0 Å². The quantitative estimate of drug-likeness (QED) is 0.907. The minimum atomic E-state index is 0.515. The molecule has 0 aliphatic heterocycles. The SMILES string of the molecule is CNCCc1noc(-c2cc(C)cc(Cl)c2)n1. The van der Waals surface area contributed by atoms with Gasteiger partial charge in [-0.1, -0.05) is 16.8 Å². The lowest BCUT2D eigenvalue weighted by Gasteiger charge is -1.98. The van der Waals surface area contributed by atoms with Gasteiger partial charge in [-0.25, -0.2) is 0 Å². The van der Waals surface area contributed by atoms with E-state index in [-0.39, 0.29) is 0 Å². The molecule has 0 bridgehead atoms. The Labute approximate surface area is 105 Å². The summed E-state index contributed by atoms with van der Waals surface area (Å²) in [7, 11) is 1.89. The van der Waals surface area contributed by atoms with E-state index in [0.717, 1.165) is 24.1 Å². The lowest BCUT2D eigenvalue weighted by atomic mass is 10.1. The normalized spacial score (nSPS) is 10.8. The molecule has 0 radical (unpaired) electrons. The number of aryl methyl sites for hydroxylation is 1. The monoisotopic (exact) mass is 251 g/mol. The van der Waals surface area contributed by atoms with Gasteiger partial charge in [-0.2, -0.15) is 4.98 Å². The number of rotatable bonds is 4. The molecule has 0 aliphatic rings. The summed E-state index contributed by atoms with van der Waals surface area (Å²) in [5, 5.41) is 7.64. The zero-order valence-corrected chi connectivity index (χ0v) is 10.6. The molecule has 1 heterocycles. The van der Waals surface area contributed by atoms with Gasteiger partial charge in [0.1, 0.15) is 0 Å². The Kier molecular flexibility index (Phi) is 3.76. The van der Waals surface area contributed by atoms with Gasteiger partial charge in [-0.3, -0.25) is 0 Å². The van der Waals surface area contributed by atoms with Gasteiger partial charge in [0.15, 0.2) is 5.82 Å². The number of halogens is 1. The highest BCUT2D eigenvalue weighted by Gasteiger charge is 2.09. The Bertz CT molecular complexity index is 490. The molecule has 17 heavy (non-hydrogen) atoms. The van der Waals surface area contributed by atoms with Crippen molar-refractivity contribution in [2.75, 3.05) is 13.6 Å². The first kappa shape index (κ1) is 12.1. The maximum absolute atomic E-state index is 5.99. The highest BCUT2D eigenvalue weighted by atomic mass is 35.5. The van der Waals surface area contributed by atoms with Gasteiger partial charge in [0, 0.05) is 23.6 Å². The first-order chi connectivity index (χ1) is 8.19. The van der Waals surface area contributed by atoms with Crippen molar-refractivity contribution in [3.8, 4) is 11.5 Å². The fourth-order valence-electron chi connectivity index (χ4n) is 1.57. The Hall–Kier alpha value is -1.39. The summed E-state index contributed by atoms with van der Waals surface area (Å²) >= 11 is 5.99. The molecule has 0 unspecified atom stereocenters. The van der Waals surface area contributed by atoms with E-state index in [9.17, 15) is 0 Å². The summed E-state index contributed by atoms with van der Waals surface area (Å²) in [6.45, 7) is 2.81. The molecule has 0 saturated heterocycles. The van der Waals surface area contributed by atoms with Gasteiger partial charge in [0.2, 0.25) is 0 Å². The van der Waals surface area contributed by atoms with Crippen molar-refractivity contribution in [2.45, 2.75) is 13.3 Å². The largest absolute Gasteiger partial charge is 0.334 e. The lowest BCUT2D eigenvalue weighted by Crippen LogP contribution is -2.10. The molecule has 2 aromatic rings. The van der Waals surface area contributed by atoms with Crippen LogP contribution in [-0.4, -0.2) is 23.7 Å². The molecule has 0 amide bonds. The van der Waals surface area contributed by atoms with Crippen LogP contribution in [0.5, 0.6) is 0 Å². The number of likely N-dealkylation sites (N-methyl/N-ethyl adjacent to an activating group) is 1. The van der Waals surface area contributed by atoms with Crippen LogP contribution in [0.1, 0.15) is 11.4 Å². The number of hydrogen-bond donors (Lipinski definition) is 1. The van der Waals surface area contributed by atoms with Crippen molar-refractivity contribution in [2.24, 2.45) is 0 Å². The van der Waals surface area contributed by atoms with E-state index in [4.69, 9.17) is 16.1 Å². The smallest absolute Gasteiger partial charge is 0.257 e. The van der Waals surface area contributed by atoms with E-state index in [1.54, 1.807) is 0 Å². The minimum Gasteiger partial charge on any atom is -0.334 e. The molecule has 0 saturated carbocycles. The minimum absolute atomic E-state index is 0.515. The maximum Gasteiger partial charge on any atom is 0.257 e. The third-order valence-electron chi connectivity index (χ3n) is 2.36. The van der Waals surface area contributed by atoms with Crippen LogP contribution in [0.15, 0.2) is 22.7 Å². The topological polar surface area (TPSA) is 51.0 Å². The van der Waals surface area contributed by atoms with Gasteiger partial charge >= 0.3 is 0 Å². The third kappa shape index (κ3) is 3.05. The predicted molar refractivity (Wildman–Crippen MR) is 67.1 cm³/mol. The van der Waals surface area contributed by atoms with Crippen molar-refractivity contribution in [3.63, 3.8) is 0 Å². The van der Waals surface area contributed by atoms with E-state index in [1.165, 1.54) is 0 Å². The fourth-order valence-corrected chi connectivity index (χ4v) is 1.86. The molecule has 0 spiro atoms. The summed E-state index contributed by atoms with van der Waals surface area (Å²) in [5.74, 6) is 1.22. The van der Waals surface area contributed by atoms with Crippen LogP contribution < -0.4 is 5.32 Å². The number of nitrogens with one attached hydrogen (secondary N) is 1. The molecule has 5 heteroatoms. The number of nitrogens with zero attached hydrogens (tertiary/aromatic N) is 2. The fraction of sp³-hybridized carbons (Fsp3) is 0.333. The average molecular weight is 252 g/mol. The van der Waals surface area contributed by atoms with Gasteiger partial charge in [-0.15, -0.1) is 0 Å². The van der Waals surface area contributed by atoms with E-state index in [1.807, 2.05) is 32.2 Å². The summed E-state index contributed by atoms with van der Waals surface area (Å²) < 4.78 is 5.21. The van der Waals surface area contributed by atoms with Crippen molar-refractivity contribution >= 4 is 11.6 Å². The third-order valence-corrected chi connectivity index (χ3v) is 2.57. The molecule has 1 aromatic heterocycles. The van der Waals surface area contributed by atoms with Crippen LogP contribution in [0.2, 0.25) is 5.02 Å². The number of benzene rings is 1. The molecule has 1 N–H and O–H groups in total. The standard InChI is InChI=1S/C12H14ClN3O/c1-8-5-9(7-10(13)6-8)12-15-11(16-17-12)3-4-14-2/h5-7,14H,3-4H2,1-2H3. The molecular formula is C12H14ClN3O. The summed E-state index contributed by atoms with van der Waals surface area (Å²) in [6, 6.07) is 5.69. The molecule has 4 nitrogen and oxygen atoms in total. The molecule has 0 atom stereocenters. The highest BCUT2D eigenvalue weighted by molar-refractivity contribution is 6.30. The summed E-state index contributed by atoms with van der Waals surface area (Å²) in [6.07, 6.45) is 0.750. The van der Waals surface area contributed by atoms with Crippen LogP contribution in [0.4, 0.5) is 0 Å². The van der Waals surface area contributed by atoms with E-state index in [0.29, 0.717) is 16.7 Å². The second-order valence-electron chi connectivity index (χ2n) is 3.89. The van der Waals surface area contributed by atoms with Gasteiger partial charge in [0.05, 0.1) is 0 Å². The Morgan fingerprint density at radius 2 is 2.18 bits per heavy atom. The Morgan fingerprint density at radius 3 is 2.88 bits per heavy atom. The van der Waals surface area contributed by atoms with Gasteiger partial charge in [-0.05, 0) is 37.7 Å². The molecule has 1 aromatic carbocycles. The first-order valence-corrected chi connectivity index (χ1v) is 5.81. The highest BCUT2D eigenvalue weighted by Crippen LogP contribution is 2.23. The number of aromatic nitrogens is 2. The molecule has 0 aliphatic carbocycles. The van der Waals surface area contributed by atoms with Crippen molar-refractivity contribution < 1.29 is 4.52 Å². The zero-order valence-electron chi connectivity index (χ0n) is 9.83. The number of hydrogen-bond acceptors (Lipinski definition) is 4. The van der Waals surface area contributed by atoms with Gasteiger partial charge in [0.25, 0.3) is 5.89 Å². The van der Waals surface area contributed by atoms with Crippen LogP contribution in [-0.2, 0) is 6.42 Å². The maximum atomic E-state index is 5.99. The van der Waals surface area contributed by atoms with Crippen LogP contribution in [0, 0.1) is 6.92 Å². The average Bonchev–Trinajstić information content (AvgIpc) is 2.73. The lowest BCUT2D eigenvalue weighted by molar-refractivity contribution is 0.422.